The molecule has 1 atom stereocenters. The molecule has 1 saturated heterocycles. The lowest BCUT2D eigenvalue weighted by atomic mass is 10.0. The van der Waals surface area contributed by atoms with Crippen molar-refractivity contribution >= 4 is 29.2 Å². The highest BCUT2D eigenvalue weighted by Crippen LogP contribution is 2.27. The second-order valence-corrected chi connectivity index (χ2v) is 10.4. The summed E-state index contributed by atoms with van der Waals surface area (Å²) in [7, 11) is 0. The second kappa shape index (κ2) is 12.3. The van der Waals surface area contributed by atoms with E-state index in [1.807, 2.05) is 110 Å². The summed E-state index contributed by atoms with van der Waals surface area (Å²) in [5, 5.41) is 9.43. The number of nitrogens with zero attached hydrogens (tertiary/aromatic N) is 5. The third-order valence-electron chi connectivity index (χ3n) is 7.45. The van der Waals surface area contributed by atoms with Gasteiger partial charge >= 0.3 is 0 Å². The molecule has 204 valence electrons. The van der Waals surface area contributed by atoms with Crippen LogP contribution >= 0.6 is 11.6 Å². The summed E-state index contributed by atoms with van der Waals surface area (Å²) in [5.74, 6) is 0.553. The highest BCUT2D eigenvalue weighted by molar-refractivity contribution is 6.33. The zero-order valence-corrected chi connectivity index (χ0v) is 23.5. The molecule has 1 aliphatic rings. The van der Waals surface area contributed by atoms with E-state index in [1.54, 1.807) is 4.90 Å². The molecule has 0 spiro atoms. The Morgan fingerprint density at radius 1 is 0.850 bits per heavy atom. The monoisotopic (exact) mass is 553 g/mol. The van der Waals surface area contributed by atoms with E-state index < -0.39 is 0 Å². The van der Waals surface area contributed by atoms with Crippen LogP contribution in [0.2, 0.25) is 5.02 Å². The number of aryl methyl sites for hydroxylation is 1. The van der Waals surface area contributed by atoms with Crippen LogP contribution in [-0.4, -0.2) is 64.5 Å². The van der Waals surface area contributed by atoms with Crippen molar-refractivity contribution in [1.29, 1.82) is 0 Å². The molecule has 2 heterocycles. The van der Waals surface area contributed by atoms with Crippen molar-refractivity contribution < 1.29 is 9.59 Å². The standard InChI is InChI=1S/C32H32ClN5O2/c1-23-10-6-7-13-26(23)32(40)38(24(2)25-11-4-3-5-12-25)22-31(39)37-20-18-36(19-21-37)30-17-16-29(34-35-30)27-14-8-9-15-28(27)33/h3-17,24H,18-22H2,1-2H3/t24-/m0/s1. The van der Waals surface area contributed by atoms with Gasteiger partial charge < -0.3 is 14.7 Å². The van der Waals surface area contributed by atoms with Crippen LogP contribution in [0.15, 0.2) is 91.0 Å². The van der Waals surface area contributed by atoms with Crippen molar-refractivity contribution in [3.8, 4) is 11.3 Å². The second-order valence-electron chi connectivity index (χ2n) is 9.96. The quantitative estimate of drug-likeness (QED) is 0.295. The Balaban J connectivity index is 1.26. The molecule has 1 fully saturated rings. The van der Waals surface area contributed by atoms with Gasteiger partial charge in [-0.2, -0.15) is 0 Å². The molecule has 5 rings (SSSR count). The SMILES string of the molecule is Cc1ccccc1C(=O)N(CC(=O)N1CCN(c2ccc(-c3ccccc3Cl)nn2)CC1)[C@@H](C)c1ccccc1. The average molecular weight is 554 g/mol. The van der Waals surface area contributed by atoms with Crippen LogP contribution in [0.25, 0.3) is 11.3 Å². The number of aromatic nitrogens is 2. The molecular formula is C32H32ClN5O2. The normalized spacial score (nSPS) is 14.1. The minimum atomic E-state index is -0.259. The Bertz CT molecular complexity index is 1470. The minimum Gasteiger partial charge on any atom is -0.352 e. The zero-order chi connectivity index (χ0) is 28.1. The number of hydrogen-bond donors (Lipinski definition) is 0. The number of anilines is 1. The largest absolute Gasteiger partial charge is 0.352 e. The van der Waals surface area contributed by atoms with Gasteiger partial charge in [0, 0.05) is 37.3 Å². The molecule has 0 aliphatic carbocycles. The maximum absolute atomic E-state index is 13.7. The maximum atomic E-state index is 13.7. The fourth-order valence-electron chi connectivity index (χ4n) is 5.00. The van der Waals surface area contributed by atoms with E-state index in [2.05, 4.69) is 15.1 Å². The Morgan fingerprint density at radius 2 is 1.52 bits per heavy atom. The maximum Gasteiger partial charge on any atom is 0.255 e. The first kappa shape index (κ1) is 27.3. The first-order valence-corrected chi connectivity index (χ1v) is 13.8. The van der Waals surface area contributed by atoms with Crippen molar-refractivity contribution in [3.63, 3.8) is 0 Å². The molecule has 1 aromatic heterocycles. The van der Waals surface area contributed by atoms with Gasteiger partial charge in [-0.25, -0.2) is 0 Å². The van der Waals surface area contributed by atoms with E-state index >= 15 is 0 Å². The van der Waals surface area contributed by atoms with Gasteiger partial charge in [0.2, 0.25) is 5.91 Å². The molecule has 7 nitrogen and oxygen atoms in total. The number of halogens is 1. The van der Waals surface area contributed by atoms with E-state index in [1.165, 1.54) is 0 Å². The van der Waals surface area contributed by atoms with Gasteiger partial charge in [0.1, 0.15) is 6.54 Å². The van der Waals surface area contributed by atoms with Crippen LogP contribution in [-0.2, 0) is 4.79 Å². The van der Waals surface area contributed by atoms with Crippen molar-refractivity contribution in [2.75, 3.05) is 37.6 Å². The highest BCUT2D eigenvalue weighted by atomic mass is 35.5. The van der Waals surface area contributed by atoms with Crippen molar-refractivity contribution in [2.45, 2.75) is 19.9 Å². The van der Waals surface area contributed by atoms with Crippen molar-refractivity contribution in [2.24, 2.45) is 0 Å². The van der Waals surface area contributed by atoms with Crippen molar-refractivity contribution in [3.05, 3.63) is 113 Å². The molecule has 0 radical (unpaired) electrons. The minimum absolute atomic E-state index is 0.00949. The summed E-state index contributed by atoms with van der Waals surface area (Å²) in [4.78, 5) is 32.9. The lowest BCUT2D eigenvalue weighted by Crippen LogP contribution is -2.52. The third-order valence-corrected chi connectivity index (χ3v) is 7.78. The topological polar surface area (TPSA) is 69.6 Å². The molecule has 0 saturated carbocycles. The molecule has 4 aromatic rings. The summed E-state index contributed by atoms with van der Waals surface area (Å²) in [6.07, 6.45) is 0. The van der Waals surface area contributed by atoms with Crippen LogP contribution in [0.5, 0.6) is 0 Å². The molecule has 3 aromatic carbocycles. The van der Waals surface area contributed by atoms with Crippen LogP contribution in [0.1, 0.15) is 34.5 Å². The van der Waals surface area contributed by atoms with Gasteiger partial charge in [-0.1, -0.05) is 78.3 Å². The average Bonchev–Trinajstić information content (AvgIpc) is 3.00. The van der Waals surface area contributed by atoms with Crippen LogP contribution in [0, 0.1) is 6.92 Å². The molecule has 0 bridgehead atoms. The number of carbonyl (C=O) groups is 2. The Morgan fingerprint density at radius 3 is 2.20 bits per heavy atom. The highest BCUT2D eigenvalue weighted by Gasteiger charge is 2.29. The first-order chi connectivity index (χ1) is 19.4. The number of benzene rings is 3. The van der Waals surface area contributed by atoms with E-state index in [9.17, 15) is 9.59 Å². The van der Waals surface area contributed by atoms with Gasteiger partial charge in [-0.3, -0.25) is 9.59 Å². The molecule has 0 unspecified atom stereocenters. The summed E-state index contributed by atoms with van der Waals surface area (Å²) >= 11 is 6.30. The van der Waals surface area contributed by atoms with Gasteiger partial charge in [-0.15, -0.1) is 10.2 Å². The summed E-state index contributed by atoms with van der Waals surface area (Å²) in [6.45, 7) is 6.25. The summed E-state index contributed by atoms with van der Waals surface area (Å²) < 4.78 is 0. The molecule has 1 aliphatic heterocycles. The number of carbonyl (C=O) groups excluding carboxylic acids is 2. The smallest absolute Gasteiger partial charge is 0.255 e. The van der Waals surface area contributed by atoms with Crippen LogP contribution in [0.3, 0.4) is 0 Å². The molecule has 2 amide bonds. The predicted octanol–water partition coefficient (Wildman–Crippen LogP) is 5.66. The predicted molar refractivity (Wildman–Crippen MR) is 158 cm³/mol. The van der Waals surface area contributed by atoms with E-state index in [0.29, 0.717) is 42.5 Å². The van der Waals surface area contributed by atoms with Gasteiger partial charge in [0.15, 0.2) is 5.82 Å². The fraction of sp³-hybridized carbons (Fsp3) is 0.250. The lowest BCUT2D eigenvalue weighted by Gasteiger charge is -2.37. The number of hydrogen-bond acceptors (Lipinski definition) is 5. The summed E-state index contributed by atoms with van der Waals surface area (Å²) in [6, 6.07) is 28.5. The Labute approximate surface area is 240 Å². The lowest BCUT2D eigenvalue weighted by molar-refractivity contribution is -0.132. The number of rotatable bonds is 7. The van der Waals surface area contributed by atoms with Gasteiger partial charge in [-0.05, 0) is 49.2 Å². The van der Waals surface area contributed by atoms with Crippen molar-refractivity contribution in [1.82, 2.24) is 20.0 Å². The number of amides is 2. The Kier molecular flexibility index (Phi) is 8.41. The molecule has 40 heavy (non-hydrogen) atoms. The van der Waals surface area contributed by atoms with E-state index in [0.717, 1.165) is 22.5 Å². The Hall–Kier alpha value is -4.23. The molecule has 8 heteroatoms. The van der Waals surface area contributed by atoms with Crippen LogP contribution in [0.4, 0.5) is 5.82 Å². The first-order valence-electron chi connectivity index (χ1n) is 13.5. The zero-order valence-electron chi connectivity index (χ0n) is 22.7. The summed E-state index contributed by atoms with van der Waals surface area (Å²) in [5.41, 5.74) is 4.05. The third kappa shape index (κ3) is 6.00. The number of piperazine rings is 1. The van der Waals surface area contributed by atoms with Gasteiger partial charge in [0.05, 0.1) is 16.8 Å². The molecular weight excluding hydrogens is 522 g/mol. The van der Waals surface area contributed by atoms with Gasteiger partial charge in [0.25, 0.3) is 5.91 Å². The van der Waals surface area contributed by atoms with E-state index in [-0.39, 0.29) is 24.4 Å². The fourth-order valence-corrected chi connectivity index (χ4v) is 5.23. The van der Waals surface area contributed by atoms with E-state index in [4.69, 9.17) is 11.6 Å². The molecule has 0 N–H and O–H groups in total. The van der Waals surface area contributed by atoms with Crippen LogP contribution < -0.4 is 4.90 Å².